The number of anilines is 1. The Hall–Kier alpha value is -2.94. The SMILES string of the molecule is CCCCNC(=O)[C@@H](CC)N(Cc1ccc(F)cc1)C(=O)CN(c1c(C)cccc1C)S(C)(=O)=O. The molecule has 7 nitrogen and oxygen atoms in total. The summed E-state index contributed by atoms with van der Waals surface area (Å²) in [5, 5.41) is 2.87. The van der Waals surface area contributed by atoms with Crippen molar-refractivity contribution in [1.82, 2.24) is 10.2 Å². The van der Waals surface area contributed by atoms with Crippen LogP contribution in [0.25, 0.3) is 0 Å². The molecule has 0 unspecified atom stereocenters. The lowest BCUT2D eigenvalue weighted by atomic mass is 10.1. The summed E-state index contributed by atoms with van der Waals surface area (Å²) in [4.78, 5) is 28.1. The number of hydrogen-bond acceptors (Lipinski definition) is 4. The molecular weight excluding hydrogens is 469 g/mol. The first kappa shape index (κ1) is 28.3. The van der Waals surface area contributed by atoms with Gasteiger partial charge in [0.05, 0.1) is 11.9 Å². The maximum atomic E-state index is 13.7. The summed E-state index contributed by atoms with van der Waals surface area (Å²) in [6, 6.07) is 10.3. The van der Waals surface area contributed by atoms with Gasteiger partial charge in [0, 0.05) is 13.1 Å². The van der Waals surface area contributed by atoms with Crippen molar-refractivity contribution in [3.05, 3.63) is 65.0 Å². The molecule has 0 aliphatic rings. The van der Waals surface area contributed by atoms with Crippen molar-refractivity contribution in [1.29, 1.82) is 0 Å². The third-order valence-electron chi connectivity index (χ3n) is 5.85. The first-order chi connectivity index (χ1) is 16.5. The molecule has 0 spiro atoms. The van der Waals surface area contributed by atoms with Crippen molar-refractivity contribution in [2.75, 3.05) is 23.7 Å². The van der Waals surface area contributed by atoms with Crippen LogP contribution in [-0.2, 0) is 26.2 Å². The highest BCUT2D eigenvalue weighted by atomic mass is 32.2. The largest absolute Gasteiger partial charge is 0.354 e. The fraction of sp³-hybridized carbons (Fsp3) is 0.462. The van der Waals surface area contributed by atoms with Crippen molar-refractivity contribution in [2.45, 2.75) is 59.5 Å². The van der Waals surface area contributed by atoms with Gasteiger partial charge in [0.2, 0.25) is 21.8 Å². The molecule has 2 rings (SSSR count). The van der Waals surface area contributed by atoms with E-state index in [1.807, 2.05) is 13.0 Å². The van der Waals surface area contributed by atoms with Crippen molar-refractivity contribution >= 4 is 27.5 Å². The monoisotopic (exact) mass is 505 g/mol. The van der Waals surface area contributed by atoms with E-state index in [4.69, 9.17) is 0 Å². The molecule has 0 saturated heterocycles. The Bertz CT molecular complexity index is 1100. The minimum Gasteiger partial charge on any atom is -0.354 e. The lowest BCUT2D eigenvalue weighted by Crippen LogP contribution is -2.52. The van der Waals surface area contributed by atoms with Crippen LogP contribution < -0.4 is 9.62 Å². The topological polar surface area (TPSA) is 86.8 Å². The molecule has 192 valence electrons. The fourth-order valence-electron chi connectivity index (χ4n) is 3.99. The van der Waals surface area contributed by atoms with Gasteiger partial charge >= 0.3 is 0 Å². The first-order valence-corrected chi connectivity index (χ1v) is 13.7. The van der Waals surface area contributed by atoms with Crippen molar-refractivity contribution in [3.8, 4) is 0 Å². The average Bonchev–Trinajstić information content (AvgIpc) is 2.78. The Morgan fingerprint density at radius 3 is 2.14 bits per heavy atom. The van der Waals surface area contributed by atoms with Crippen LogP contribution in [-0.4, -0.2) is 50.5 Å². The minimum atomic E-state index is -3.80. The Kier molecular flexibility index (Phi) is 10.2. The lowest BCUT2D eigenvalue weighted by molar-refractivity contribution is -0.140. The number of halogens is 1. The van der Waals surface area contributed by atoms with E-state index in [0.717, 1.165) is 34.5 Å². The average molecular weight is 506 g/mol. The van der Waals surface area contributed by atoms with Gasteiger partial charge in [-0.15, -0.1) is 0 Å². The summed E-state index contributed by atoms with van der Waals surface area (Å²) < 4.78 is 40.1. The lowest BCUT2D eigenvalue weighted by Gasteiger charge is -2.33. The molecule has 1 N–H and O–H groups in total. The van der Waals surface area contributed by atoms with Gasteiger partial charge in [-0.2, -0.15) is 0 Å². The zero-order chi connectivity index (χ0) is 26.2. The molecule has 0 bridgehead atoms. The number of rotatable bonds is 12. The molecular formula is C26H36FN3O4S. The molecule has 0 aliphatic carbocycles. The predicted molar refractivity (Wildman–Crippen MR) is 137 cm³/mol. The van der Waals surface area contributed by atoms with E-state index in [1.54, 1.807) is 45.0 Å². The second-order valence-electron chi connectivity index (χ2n) is 8.73. The quantitative estimate of drug-likeness (QED) is 0.443. The van der Waals surface area contributed by atoms with Crippen molar-refractivity contribution in [3.63, 3.8) is 0 Å². The first-order valence-electron chi connectivity index (χ1n) is 11.8. The third kappa shape index (κ3) is 7.78. The zero-order valence-electron chi connectivity index (χ0n) is 21.2. The molecule has 0 heterocycles. The van der Waals surface area contributed by atoms with Crippen LogP contribution in [0.4, 0.5) is 10.1 Å². The molecule has 2 aromatic carbocycles. The van der Waals surface area contributed by atoms with Crippen molar-refractivity contribution < 1.29 is 22.4 Å². The number of aryl methyl sites for hydroxylation is 2. The van der Waals surface area contributed by atoms with Crippen LogP contribution in [0.5, 0.6) is 0 Å². The van der Waals surface area contributed by atoms with Gasteiger partial charge in [-0.25, -0.2) is 12.8 Å². The van der Waals surface area contributed by atoms with Gasteiger partial charge in [0.25, 0.3) is 0 Å². The predicted octanol–water partition coefficient (Wildman–Crippen LogP) is 3.93. The standard InChI is InChI=1S/C26H36FN3O4S/c1-6-8-16-28-26(32)23(7-2)29(17-21-12-14-22(27)15-13-21)24(31)18-30(35(5,33)34)25-19(3)10-9-11-20(25)4/h9-15,23H,6-8,16-18H2,1-5H3,(H,28,32)/t23-/m1/s1. The summed E-state index contributed by atoms with van der Waals surface area (Å²) >= 11 is 0. The van der Waals surface area contributed by atoms with Crippen LogP contribution in [0.1, 0.15) is 49.8 Å². The Balaban J connectivity index is 2.45. The summed E-state index contributed by atoms with van der Waals surface area (Å²) in [5.74, 6) is -1.22. The van der Waals surface area contributed by atoms with Crippen molar-refractivity contribution in [2.24, 2.45) is 0 Å². The number of hydrogen-bond donors (Lipinski definition) is 1. The number of carbonyl (C=O) groups excluding carboxylic acids is 2. The number of nitrogens with one attached hydrogen (secondary N) is 1. The molecule has 2 amide bonds. The summed E-state index contributed by atoms with van der Waals surface area (Å²) in [7, 11) is -3.80. The Labute approximate surface area is 208 Å². The number of para-hydroxylation sites is 1. The number of nitrogens with zero attached hydrogens (tertiary/aromatic N) is 2. The van der Waals surface area contributed by atoms with Gasteiger partial charge < -0.3 is 10.2 Å². The smallest absolute Gasteiger partial charge is 0.244 e. The van der Waals surface area contributed by atoms with E-state index < -0.39 is 34.3 Å². The van der Waals surface area contributed by atoms with E-state index in [2.05, 4.69) is 5.32 Å². The molecule has 35 heavy (non-hydrogen) atoms. The summed E-state index contributed by atoms with van der Waals surface area (Å²) in [6.45, 7) is 7.47. The number of carbonyl (C=O) groups is 2. The second kappa shape index (κ2) is 12.7. The van der Waals surface area contributed by atoms with E-state index in [1.165, 1.54) is 17.0 Å². The molecule has 9 heteroatoms. The van der Waals surface area contributed by atoms with E-state index >= 15 is 0 Å². The van der Waals surface area contributed by atoms with Gasteiger partial charge in [0.15, 0.2) is 0 Å². The van der Waals surface area contributed by atoms with Crippen LogP contribution in [0.2, 0.25) is 0 Å². The van der Waals surface area contributed by atoms with E-state index in [9.17, 15) is 22.4 Å². The summed E-state index contributed by atoms with van der Waals surface area (Å²) in [5.41, 5.74) is 2.53. The highest BCUT2D eigenvalue weighted by molar-refractivity contribution is 7.92. The zero-order valence-corrected chi connectivity index (χ0v) is 22.0. The number of benzene rings is 2. The Morgan fingerprint density at radius 1 is 1.03 bits per heavy atom. The van der Waals surface area contributed by atoms with E-state index in [-0.39, 0.29) is 12.5 Å². The third-order valence-corrected chi connectivity index (χ3v) is 6.96. The number of unbranched alkanes of at least 4 members (excludes halogenated alkanes) is 1. The van der Waals surface area contributed by atoms with Crippen LogP contribution >= 0.6 is 0 Å². The normalized spacial score (nSPS) is 12.2. The van der Waals surface area contributed by atoms with Crippen LogP contribution in [0, 0.1) is 19.7 Å². The van der Waals surface area contributed by atoms with Gasteiger partial charge in [-0.3, -0.25) is 13.9 Å². The maximum absolute atomic E-state index is 13.7. The fourth-order valence-corrected chi connectivity index (χ4v) is 4.95. The molecule has 0 aromatic heterocycles. The number of amides is 2. The molecule has 0 saturated carbocycles. The molecule has 0 aliphatic heterocycles. The Morgan fingerprint density at radius 2 is 1.63 bits per heavy atom. The van der Waals surface area contributed by atoms with Gasteiger partial charge in [0.1, 0.15) is 18.4 Å². The molecule has 0 radical (unpaired) electrons. The highest BCUT2D eigenvalue weighted by Crippen LogP contribution is 2.27. The maximum Gasteiger partial charge on any atom is 0.244 e. The minimum absolute atomic E-state index is 0.0448. The molecule has 2 aromatic rings. The van der Waals surface area contributed by atoms with E-state index in [0.29, 0.717) is 24.2 Å². The summed E-state index contributed by atoms with van der Waals surface area (Å²) in [6.07, 6.45) is 3.12. The van der Waals surface area contributed by atoms with Gasteiger partial charge in [-0.1, -0.05) is 50.6 Å². The highest BCUT2D eigenvalue weighted by Gasteiger charge is 2.32. The molecule has 1 atom stereocenters. The number of sulfonamides is 1. The van der Waals surface area contributed by atoms with Crippen LogP contribution in [0.3, 0.4) is 0 Å². The van der Waals surface area contributed by atoms with Gasteiger partial charge in [-0.05, 0) is 55.5 Å². The second-order valence-corrected chi connectivity index (χ2v) is 10.6. The van der Waals surface area contributed by atoms with Crippen LogP contribution in [0.15, 0.2) is 42.5 Å². The molecule has 0 fully saturated rings.